The number of hydrogen-bond donors (Lipinski definition) is 1. The molecule has 0 amide bonds. The van der Waals surface area contributed by atoms with Crippen LogP contribution in [0.4, 0.5) is 0 Å². The number of carbonyl (C=O) groups excluding carboxylic acids is 1. The second kappa shape index (κ2) is 9.04. The molecule has 126 valence electrons. The third kappa shape index (κ3) is 5.07. The van der Waals surface area contributed by atoms with E-state index in [2.05, 4.69) is 37.8 Å². The van der Waals surface area contributed by atoms with Crippen LogP contribution < -0.4 is 10.5 Å². The summed E-state index contributed by atoms with van der Waals surface area (Å²) >= 11 is 0. The van der Waals surface area contributed by atoms with Crippen LogP contribution >= 0.6 is 0 Å². The average Bonchev–Trinajstić information content (AvgIpc) is 2.62. The van der Waals surface area contributed by atoms with Gasteiger partial charge in [0.25, 0.3) is 0 Å². The molecule has 0 atom stereocenters. The molecule has 0 fully saturated rings. The van der Waals surface area contributed by atoms with Gasteiger partial charge in [0, 0.05) is 12.1 Å². The third-order valence-electron chi connectivity index (χ3n) is 3.96. The number of unbranched alkanes of at least 4 members (excludes halogenated alkanes) is 2. The summed E-state index contributed by atoms with van der Waals surface area (Å²) in [5, 5.41) is 0. The third-order valence-corrected chi connectivity index (χ3v) is 3.96. The molecule has 0 aliphatic carbocycles. The quantitative estimate of drug-likeness (QED) is 0.337. The Morgan fingerprint density at radius 3 is 2.12 bits per heavy atom. The Bertz CT molecular complexity index is 672. The molecule has 0 saturated carbocycles. The zero-order chi connectivity index (χ0) is 17.4. The molecule has 0 unspecified atom stereocenters. The minimum Gasteiger partial charge on any atom is -0.423 e. The molecule has 0 aliphatic heterocycles. The number of hydrogen-bond acceptors (Lipinski definition) is 3. The van der Waals surface area contributed by atoms with Gasteiger partial charge in [-0.25, -0.2) is 4.79 Å². The lowest BCUT2D eigenvalue weighted by Crippen LogP contribution is -2.17. The summed E-state index contributed by atoms with van der Waals surface area (Å²) in [7, 11) is 0. The van der Waals surface area contributed by atoms with Gasteiger partial charge in [-0.3, -0.25) is 0 Å². The molecule has 2 rings (SSSR count). The fourth-order valence-electron chi connectivity index (χ4n) is 2.42. The van der Waals surface area contributed by atoms with Gasteiger partial charge in [-0.05, 0) is 41.7 Å². The molecule has 0 heterocycles. The molecule has 3 heteroatoms. The molecule has 2 aromatic rings. The highest BCUT2D eigenvalue weighted by Gasteiger charge is 2.08. The van der Waals surface area contributed by atoms with Crippen molar-refractivity contribution in [1.29, 1.82) is 0 Å². The monoisotopic (exact) mass is 323 g/mol. The molecule has 0 bridgehead atoms. The number of rotatable bonds is 8. The van der Waals surface area contributed by atoms with Crippen LogP contribution in [0.25, 0.3) is 11.1 Å². The lowest BCUT2D eigenvalue weighted by molar-refractivity contribution is -0.130. The van der Waals surface area contributed by atoms with E-state index in [0.29, 0.717) is 5.75 Å². The first-order chi connectivity index (χ1) is 11.6. The minimum absolute atomic E-state index is 0.0987. The smallest absolute Gasteiger partial charge is 0.340 e. The largest absolute Gasteiger partial charge is 0.423 e. The second-order valence-electron chi connectivity index (χ2n) is 5.88. The zero-order valence-electron chi connectivity index (χ0n) is 14.3. The van der Waals surface area contributed by atoms with Gasteiger partial charge in [-0.15, -0.1) is 0 Å². The molecule has 0 aromatic heterocycles. The van der Waals surface area contributed by atoms with E-state index in [4.69, 9.17) is 10.5 Å². The number of benzene rings is 2. The number of nitrogens with two attached hydrogens (primary N) is 1. The molecule has 0 radical (unpaired) electrons. The van der Waals surface area contributed by atoms with E-state index in [1.165, 1.54) is 24.8 Å². The molecule has 2 aromatic carbocycles. The first kappa shape index (κ1) is 18.0. The first-order valence-electron chi connectivity index (χ1n) is 8.43. The predicted octanol–water partition coefficient (Wildman–Crippen LogP) is 4.51. The molecule has 0 aliphatic rings. The van der Waals surface area contributed by atoms with Crippen molar-refractivity contribution in [2.24, 2.45) is 5.73 Å². The molecule has 0 saturated heterocycles. The number of ether oxygens (including phenoxy) is 1. The summed E-state index contributed by atoms with van der Waals surface area (Å²) in [6.45, 7) is 5.89. The van der Waals surface area contributed by atoms with Gasteiger partial charge in [0.15, 0.2) is 0 Å². The van der Waals surface area contributed by atoms with Crippen molar-refractivity contribution in [2.75, 3.05) is 6.54 Å². The standard InChI is InChI=1S/C21H25NO2/c1-3-4-5-6-17-7-9-18(10-8-17)19-11-13-20(14-12-19)24-21(23)16(2)15-22/h7-14H,2-6,15,22H2,1H3. The maximum Gasteiger partial charge on any atom is 0.340 e. The summed E-state index contributed by atoms with van der Waals surface area (Å²) in [5.74, 6) is 0.0104. The molecule has 2 N–H and O–H groups in total. The summed E-state index contributed by atoms with van der Waals surface area (Å²) in [5.41, 5.74) is 9.25. The minimum atomic E-state index is -0.485. The Morgan fingerprint density at radius 1 is 1.00 bits per heavy atom. The van der Waals surface area contributed by atoms with Crippen LogP contribution in [0, 0.1) is 0 Å². The predicted molar refractivity (Wildman–Crippen MR) is 98.9 cm³/mol. The molecule has 24 heavy (non-hydrogen) atoms. The lowest BCUT2D eigenvalue weighted by atomic mass is 10.0. The van der Waals surface area contributed by atoms with Crippen molar-refractivity contribution in [3.05, 3.63) is 66.2 Å². The van der Waals surface area contributed by atoms with Crippen LogP contribution in [0.3, 0.4) is 0 Å². The molecule has 0 spiro atoms. The van der Waals surface area contributed by atoms with Gasteiger partial charge in [-0.2, -0.15) is 0 Å². The van der Waals surface area contributed by atoms with Crippen LogP contribution in [0.15, 0.2) is 60.7 Å². The lowest BCUT2D eigenvalue weighted by Gasteiger charge is -2.07. The van der Waals surface area contributed by atoms with Crippen LogP contribution in [-0.4, -0.2) is 12.5 Å². The Morgan fingerprint density at radius 2 is 1.58 bits per heavy atom. The number of esters is 1. The van der Waals surface area contributed by atoms with E-state index in [-0.39, 0.29) is 12.1 Å². The van der Waals surface area contributed by atoms with Crippen molar-refractivity contribution in [3.63, 3.8) is 0 Å². The van der Waals surface area contributed by atoms with E-state index >= 15 is 0 Å². The fourth-order valence-corrected chi connectivity index (χ4v) is 2.42. The zero-order valence-corrected chi connectivity index (χ0v) is 14.3. The van der Waals surface area contributed by atoms with Crippen molar-refractivity contribution in [3.8, 4) is 16.9 Å². The average molecular weight is 323 g/mol. The summed E-state index contributed by atoms with van der Waals surface area (Å²) < 4.78 is 5.21. The van der Waals surface area contributed by atoms with Gasteiger partial charge in [0.05, 0.1) is 0 Å². The highest BCUT2D eigenvalue weighted by Crippen LogP contribution is 2.23. The van der Waals surface area contributed by atoms with Crippen LogP contribution in [0.2, 0.25) is 0 Å². The van der Waals surface area contributed by atoms with E-state index < -0.39 is 5.97 Å². The Balaban J connectivity index is 2.00. The number of carbonyl (C=O) groups is 1. The Labute approximate surface area is 144 Å². The number of aryl methyl sites for hydroxylation is 1. The van der Waals surface area contributed by atoms with Gasteiger partial charge < -0.3 is 10.5 Å². The molecular weight excluding hydrogens is 298 g/mol. The van der Waals surface area contributed by atoms with Crippen molar-refractivity contribution >= 4 is 5.97 Å². The van der Waals surface area contributed by atoms with Gasteiger partial charge in [0.2, 0.25) is 0 Å². The second-order valence-corrected chi connectivity index (χ2v) is 5.88. The SMILES string of the molecule is C=C(CN)C(=O)Oc1ccc(-c2ccc(CCCCC)cc2)cc1. The summed E-state index contributed by atoms with van der Waals surface area (Å²) in [6.07, 6.45) is 4.89. The van der Waals surface area contributed by atoms with E-state index in [1.54, 1.807) is 12.1 Å². The van der Waals surface area contributed by atoms with Crippen molar-refractivity contribution < 1.29 is 9.53 Å². The Hall–Kier alpha value is -2.39. The maximum absolute atomic E-state index is 11.6. The van der Waals surface area contributed by atoms with Gasteiger partial charge in [0.1, 0.15) is 5.75 Å². The van der Waals surface area contributed by atoms with Gasteiger partial charge >= 0.3 is 5.97 Å². The van der Waals surface area contributed by atoms with E-state index in [1.807, 2.05) is 12.1 Å². The van der Waals surface area contributed by atoms with E-state index in [0.717, 1.165) is 17.5 Å². The maximum atomic E-state index is 11.6. The first-order valence-corrected chi connectivity index (χ1v) is 8.43. The molecule has 3 nitrogen and oxygen atoms in total. The van der Waals surface area contributed by atoms with Gasteiger partial charge in [-0.1, -0.05) is 62.7 Å². The highest BCUT2D eigenvalue weighted by atomic mass is 16.5. The summed E-state index contributed by atoms with van der Waals surface area (Å²) in [4.78, 5) is 11.6. The Kier molecular flexibility index (Phi) is 6.76. The normalized spacial score (nSPS) is 10.4. The topological polar surface area (TPSA) is 52.3 Å². The van der Waals surface area contributed by atoms with Crippen LogP contribution in [-0.2, 0) is 11.2 Å². The molecular formula is C21H25NO2. The van der Waals surface area contributed by atoms with E-state index in [9.17, 15) is 4.79 Å². The fraction of sp³-hybridized carbons (Fsp3) is 0.286. The van der Waals surface area contributed by atoms with Crippen LogP contribution in [0.1, 0.15) is 31.7 Å². The summed E-state index contributed by atoms with van der Waals surface area (Å²) in [6, 6.07) is 16.1. The van der Waals surface area contributed by atoms with Crippen molar-refractivity contribution in [2.45, 2.75) is 32.6 Å². The van der Waals surface area contributed by atoms with Crippen molar-refractivity contribution in [1.82, 2.24) is 0 Å². The van der Waals surface area contributed by atoms with Crippen LogP contribution in [0.5, 0.6) is 5.75 Å². The highest BCUT2D eigenvalue weighted by molar-refractivity contribution is 5.89.